The molecule has 0 amide bonds. The van der Waals surface area contributed by atoms with Gasteiger partial charge in [0, 0.05) is 0 Å². The molecule has 1 radical (unpaired) electrons. The smallest absolute Gasteiger partial charge is 0.235 e. The number of nitrogens with zero attached hydrogens (tertiary/aromatic N) is 1. The van der Waals surface area contributed by atoms with Crippen molar-refractivity contribution in [3.05, 3.63) is 6.92 Å². The van der Waals surface area contributed by atoms with Crippen LogP contribution < -0.4 is 0 Å². The van der Waals surface area contributed by atoms with Crippen molar-refractivity contribution >= 4 is 6.08 Å². The number of aliphatic imine (C=N–C) groups is 1. The van der Waals surface area contributed by atoms with Crippen molar-refractivity contribution in [1.82, 2.24) is 0 Å². The molecule has 12 heavy (non-hydrogen) atoms. The van der Waals surface area contributed by atoms with E-state index in [-0.39, 0.29) is 0 Å². The highest BCUT2D eigenvalue weighted by Gasteiger charge is 2.11. The molecule has 2 atom stereocenters. The molecule has 0 bridgehead atoms. The van der Waals surface area contributed by atoms with Crippen LogP contribution in [-0.2, 0) is 4.79 Å². The van der Waals surface area contributed by atoms with Gasteiger partial charge in [-0.05, 0) is 13.3 Å². The van der Waals surface area contributed by atoms with Crippen molar-refractivity contribution in [3.63, 3.8) is 0 Å². The van der Waals surface area contributed by atoms with E-state index < -0.39 is 12.1 Å². The molecular formula is C9H16NO2. The summed E-state index contributed by atoms with van der Waals surface area (Å²) in [4.78, 5) is 13.1. The van der Waals surface area contributed by atoms with E-state index in [1.807, 2.05) is 0 Å². The lowest BCUT2D eigenvalue weighted by Gasteiger charge is -2.12. The molecule has 0 aromatic heterocycles. The molecule has 2 unspecified atom stereocenters. The van der Waals surface area contributed by atoms with E-state index in [0.29, 0.717) is 6.42 Å². The second kappa shape index (κ2) is 7.01. The maximum Gasteiger partial charge on any atom is 0.235 e. The summed E-state index contributed by atoms with van der Waals surface area (Å²) in [6, 6.07) is -0.556. The van der Waals surface area contributed by atoms with Gasteiger partial charge < -0.3 is 5.11 Å². The van der Waals surface area contributed by atoms with E-state index in [2.05, 4.69) is 18.8 Å². The molecule has 0 spiro atoms. The van der Waals surface area contributed by atoms with Crippen LogP contribution in [0.3, 0.4) is 0 Å². The van der Waals surface area contributed by atoms with Gasteiger partial charge in [0.2, 0.25) is 6.08 Å². The summed E-state index contributed by atoms with van der Waals surface area (Å²) in [6.45, 7) is 5.62. The molecule has 0 aliphatic rings. The quantitative estimate of drug-likeness (QED) is 0.373. The first kappa shape index (κ1) is 11.3. The molecule has 0 aromatic rings. The van der Waals surface area contributed by atoms with Crippen LogP contribution in [0.4, 0.5) is 0 Å². The van der Waals surface area contributed by atoms with Gasteiger partial charge in [-0.15, -0.1) is 0 Å². The Hall–Kier alpha value is -0.660. The summed E-state index contributed by atoms with van der Waals surface area (Å²) < 4.78 is 0. The first-order chi connectivity index (χ1) is 5.72. The van der Waals surface area contributed by atoms with Crippen LogP contribution in [0.5, 0.6) is 0 Å². The Balaban J connectivity index is 3.55. The van der Waals surface area contributed by atoms with Crippen molar-refractivity contribution < 1.29 is 9.90 Å². The topological polar surface area (TPSA) is 49.7 Å². The molecule has 0 saturated heterocycles. The Morgan fingerprint density at radius 3 is 2.75 bits per heavy atom. The Bertz CT molecular complexity index is 153. The summed E-state index contributed by atoms with van der Waals surface area (Å²) >= 11 is 0. The van der Waals surface area contributed by atoms with Crippen molar-refractivity contribution in [3.8, 4) is 0 Å². The van der Waals surface area contributed by atoms with Crippen LogP contribution in [0.1, 0.15) is 32.6 Å². The van der Waals surface area contributed by atoms with Gasteiger partial charge in [-0.1, -0.05) is 26.2 Å². The summed E-state index contributed by atoms with van der Waals surface area (Å²) in [7, 11) is 0. The minimum atomic E-state index is -0.599. The molecule has 0 rings (SSSR count). The molecule has 0 aliphatic heterocycles. The van der Waals surface area contributed by atoms with E-state index in [1.165, 1.54) is 6.08 Å². The van der Waals surface area contributed by atoms with Gasteiger partial charge in [-0.2, -0.15) is 4.99 Å². The zero-order chi connectivity index (χ0) is 9.40. The van der Waals surface area contributed by atoms with Crippen molar-refractivity contribution in [2.24, 2.45) is 4.99 Å². The largest absolute Gasteiger partial charge is 0.391 e. The lowest BCUT2D eigenvalue weighted by molar-refractivity contribution is 0.147. The molecule has 0 fully saturated rings. The summed E-state index contributed by atoms with van der Waals surface area (Å²) in [5, 5.41) is 9.34. The standard InChI is InChI=1S/C9H16NO2/c1-3-4-5-6-9(12)8(2)10-7-11/h8-9,12H,2-6H2,1H3. The molecule has 0 aliphatic carbocycles. The predicted octanol–water partition coefficient (Wildman–Crippen LogP) is 1.47. The number of unbranched alkanes of at least 4 members (excludes halogenated alkanes) is 2. The average Bonchev–Trinajstić information content (AvgIpc) is 2.05. The zero-order valence-corrected chi connectivity index (χ0v) is 7.49. The lowest BCUT2D eigenvalue weighted by atomic mass is 10.1. The number of carbonyl (C=O) groups excluding carboxylic acids is 1. The van der Waals surface area contributed by atoms with Crippen molar-refractivity contribution in [2.75, 3.05) is 0 Å². The second-order valence-electron chi connectivity index (χ2n) is 2.85. The van der Waals surface area contributed by atoms with E-state index in [9.17, 15) is 9.90 Å². The third kappa shape index (κ3) is 5.05. The second-order valence-corrected chi connectivity index (χ2v) is 2.85. The van der Waals surface area contributed by atoms with Crippen LogP contribution >= 0.6 is 0 Å². The van der Waals surface area contributed by atoms with Crippen LogP contribution in [0, 0.1) is 6.92 Å². The van der Waals surface area contributed by atoms with E-state index in [0.717, 1.165) is 19.3 Å². The van der Waals surface area contributed by atoms with Crippen LogP contribution in [-0.4, -0.2) is 23.3 Å². The van der Waals surface area contributed by atoms with E-state index >= 15 is 0 Å². The van der Waals surface area contributed by atoms with Gasteiger partial charge in [-0.25, -0.2) is 4.79 Å². The summed E-state index contributed by atoms with van der Waals surface area (Å²) in [5.74, 6) is 0. The minimum absolute atomic E-state index is 0.556. The van der Waals surface area contributed by atoms with Crippen molar-refractivity contribution in [1.29, 1.82) is 0 Å². The normalized spacial score (nSPS) is 14.9. The molecule has 3 heteroatoms. The number of hydrogen-bond acceptors (Lipinski definition) is 3. The van der Waals surface area contributed by atoms with Gasteiger partial charge >= 0.3 is 0 Å². The molecule has 0 saturated carbocycles. The highest BCUT2D eigenvalue weighted by atomic mass is 16.3. The van der Waals surface area contributed by atoms with Gasteiger partial charge in [0.25, 0.3) is 0 Å². The third-order valence-electron chi connectivity index (χ3n) is 1.77. The number of isocyanates is 1. The van der Waals surface area contributed by atoms with E-state index in [4.69, 9.17) is 0 Å². The number of hydrogen-bond donors (Lipinski definition) is 1. The molecule has 69 valence electrons. The summed E-state index contributed by atoms with van der Waals surface area (Å²) in [5.41, 5.74) is 0. The number of aliphatic hydroxyl groups excluding tert-OH is 1. The lowest BCUT2D eigenvalue weighted by Crippen LogP contribution is -2.20. The van der Waals surface area contributed by atoms with Crippen molar-refractivity contribution in [2.45, 2.75) is 44.8 Å². The average molecular weight is 170 g/mol. The van der Waals surface area contributed by atoms with Gasteiger partial charge in [0.05, 0.1) is 12.1 Å². The fraction of sp³-hybridized carbons (Fsp3) is 0.778. The Morgan fingerprint density at radius 2 is 2.25 bits per heavy atom. The Labute approximate surface area is 73.5 Å². The number of aliphatic hydroxyl groups is 1. The first-order valence-corrected chi connectivity index (χ1v) is 4.30. The fourth-order valence-electron chi connectivity index (χ4n) is 0.950. The maximum atomic E-state index is 9.81. The fourth-order valence-corrected chi connectivity index (χ4v) is 0.950. The van der Waals surface area contributed by atoms with Gasteiger partial charge in [0.15, 0.2) is 0 Å². The Kier molecular flexibility index (Phi) is 6.63. The third-order valence-corrected chi connectivity index (χ3v) is 1.77. The van der Waals surface area contributed by atoms with Crippen LogP contribution in [0.25, 0.3) is 0 Å². The van der Waals surface area contributed by atoms with E-state index in [1.54, 1.807) is 0 Å². The van der Waals surface area contributed by atoms with Gasteiger partial charge in [0.1, 0.15) is 0 Å². The zero-order valence-electron chi connectivity index (χ0n) is 7.49. The molecular weight excluding hydrogens is 154 g/mol. The Morgan fingerprint density at radius 1 is 1.58 bits per heavy atom. The molecule has 1 N–H and O–H groups in total. The molecule has 3 nitrogen and oxygen atoms in total. The predicted molar refractivity (Wildman–Crippen MR) is 47.4 cm³/mol. The molecule has 0 heterocycles. The van der Waals surface area contributed by atoms with Crippen LogP contribution in [0.2, 0.25) is 0 Å². The highest BCUT2D eigenvalue weighted by Crippen LogP contribution is 2.07. The molecule has 0 aromatic carbocycles. The number of rotatable bonds is 6. The maximum absolute atomic E-state index is 9.81. The SMILES string of the molecule is [CH2]C(N=C=O)C(O)CCCCC. The van der Waals surface area contributed by atoms with Crippen LogP contribution in [0.15, 0.2) is 4.99 Å². The highest BCUT2D eigenvalue weighted by molar-refractivity contribution is 5.33. The first-order valence-electron chi connectivity index (χ1n) is 4.30. The monoisotopic (exact) mass is 170 g/mol. The summed E-state index contributed by atoms with van der Waals surface area (Å²) in [6.07, 6.45) is 4.62. The van der Waals surface area contributed by atoms with Gasteiger partial charge in [-0.3, -0.25) is 0 Å². The minimum Gasteiger partial charge on any atom is -0.391 e.